The lowest BCUT2D eigenvalue weighted by Crippen LogP contribution is -3.00. The van der Waals surface area contributed by atoms with Crippen molar-refractivity contribution in [3.63, 3.8) is 0 Å². The van der Waals surface area contributed by atoms with Crippen molar-refractivity contribution in [2.75, 3.05) is 39.5 Å². The molecule has 0 amide bonds. The van der Waals surface area contributed by atoms with Gasteiger partial charge in [-0.15, -0.1) is 0 Å². The fourth-order valence-electron chi connectivity index (χ4n) is 4.89. The predicted octanol–water partition coefficient (Wildman–Crippen LogP) is 1.98. The zero-order valence-corrected chi connectivity index (χ0v) is 22.5. The SMILES string of the molecule is COc1ccc(NCCCOc2c(OC)ccc3cc4[n+](cc23)CCc2cc3c(cc2-4)OCO3)cc1.[Br-]. The molecule has 3 heterocycles. The van der Waals surface area contributed by atoms with E-state index in [1.165, 1.54) is 16.8 Å². The van der Waals surface area contributed by atoms with Gasteiger partial charge in [0.15, 0.2) is 35.7 Å². The molecule has 0 unspecified atom stereocenters. The van der Waals surface area contributed by atoms with Crippen molar-refractivity contribution < 1.29 is 45.2 Å². The fraction of sp³-hybridized carbons (Fsp3) is 0.276. The Bertz CT molecular complexity index is 1420. The molecule has 3 aromatic carbocycles. The Kier molecular flexibility index (Phi) is 7.28. The van der Waals surface area contributed by atoms with Gasteiger partial charge in [0, 0.05) is 24.7 Å². The van der Waals surface area contributed by atoms with Crippen LogP contribution in [0.25, 0.3) is 22.0 Å². The molecule has 0 radical (unpaired) electrons. The monoisotopic (exact) mass is 564 g/mol. The number of methoxy groups -OCH3 is 2. The molecule has 0 saturated heterocycles. The summed E-state index contributed by atoms with van der Waals surface area (Å²) < 4.78 is 30.7. The molecule has 7 nitrogen and oxygen atoms in total. The Labute approximate surface area is 226 Å². The number of hydrogen-bond acceptors (Lipinski definition) is 6. The number of nitrogens with zero attached hydrogens (tertiary/aromatic N) is 1. The highest BCUT2D eigenvalue weighted by molar-refractivity contribution is 5.91. The Morgan fingerprint density at radius 1 is 0.946 bits per heavy atom. The standard InChI is InChI=1S/C29H29N2O5.BrH/c1-32-22-7-5-21(6-8-22)30-11-3-13-34-29-24-17-31-12-10-20-15-27-28(36-18-35-27)16-23(20)25(31)14-19(24)4-9-26(29)33-2;/h4-9,14-17,30H,3,10-13,18H2,1-2H3;1H/q+1;/p-1. The van der Waals surface area contributed by atoms with Gasteiger partial charge in [0.25, 0.3) is 0 Å². The van der Waals surface area contributed by atoms with Crippen LogP contribution in [0.1, 0.15) is 12.0 Å². The summed E-state index contributed by atoms with van der Waals surface area (Å²) in [4.78, 5) is 0. The van der Waals surface area contributed by atoms with Crippen molar-refractivity contribution in [2.24, 2.45) is 0 Å². The summed E-state index contributed by atoms with van der Waals surface area (Å²) in [5.74, 6) is 4.02. The molecule has 0 spiro atoms. The number of rotatable bonds is 8. The van der Waals surface area contributed by atoms with E-state index in [1.54, 1.807) is 14.2 Å². The van der Waals surface area contributed by atoms with Crippen LogP contribution in [0.15, 0.2) is 60.8 Å². The molecule has 0 atom stereocenters. The van der Waals surface area contributed by atoms with E-state index in [1.807, 2.05) is 30.3 Å². The van der Waals surface area contributed by atoms with E-state index in [-0.39, 0.29) is 23.8 Å². The summed E-state index contributed by atoms with van der Waals surface area (Å²) in [6.07, 6.45) is 3.97. The van der Waals surface area contributed by atoms with Gasteiger partial charge < -0.3 is 46.0 Å². The molecule has 2 aliphatic rings. The average molecular weight is 565 g/mol. The molecule has 1 aromatic heterocycles. The van der Waals surface area contributed by atoms with Crippen molar-refractivity contribution >= 4 is 16.5 Å². The topological polar surface area (TPSA) is 62.1 Å². The molecule has 0 saturated carbocycles. The minimum Gasteiger partial charge on any atom is -1.00 e. The molecule has 4 aromatic rings. The third kappa shape index (κ3) is 4.85. The second kappa shape index (κ2) is 10.8. The van der Waals surface area contributed by atoms with Crippen LogP contribution in [-0.4, -0.2) is 34.2 Å². The summed E-state index contributed by atoms with van der Waals surface area (Å²) in [6, 6.07) is 18.4. The number of aryl methyl sites for hydroxylation is 2. The zero-order valence-electron chi connectivity index (χ0n) is 20.9. The third-order valence-electron chi connectivity index (χ3n) is 6.78. The number of fused-ring (bicyclic) bond motifs is 5. The van der Waals surface area contributed by atoms with E-state index in [4.69, 9.17) is 23.7 Å². The number of halogens is 1. The molecule has 2 aliphatic heterocycles. The van der Waals surface area contributed by atoms with Crippen LogP contribution in [0.2, 0.25) is 0 Å². The molecule has 1 N–H and O–H groups in total. The molecule has 0 bridgehead atoms. The Morgan fingerprint density at radius 3 is 2.54 bits per heavy atom. The smallest absolute Gasteiger partial charge is 0.231 e. The van der Waals surface area contributed by atoms with Gasteiger partial charge in [0.05, 0.1) is 31.8 Å². The van der Waals surface area contributed by atoms with Gasteiger partial charge in [-0.05, 0) is 65.9 Å². The first-order valence-electron chi connectivity index (χ1n) is 12.2. The summed E-state index contributed by atoms with van der Waals surface area (Å²) in [5.41, 5.74) is 4.70. The Hall–Kier alpha value is -3.65. The molecular formula is C29H29BrN2O5. The normalized spacial score (nSPS) is 12.8. The molecular weight excluding hydrogens is 536 g/mol. The third-order valence-corrected chi connectivity index (χ3v) is 6.78. The van der Waals surface area contributed by atoms with Gasteiger partial charge in [-0.3, -0.25) is 0 Å². The molecule has 192 valence electrons. The molecule has 37 heavy (non-hydrogen) atoms. The van der Waals surface area contributed by atoms with E-state index in [9.17, 15) is 0 Å². The first-order valence-corrected chi connectivity index (χ1v) is 12.2. The number of nitrogens with one attached hydrogen (secondary N) is 1. The second-order valence-electron chi connectivity index (χ2n) is 8.92. The van der Waals surface area contributed by atoms with Crippen LogP contribution in [0.3, 0.4) is 0 Å². The lowest BCUT2D eigenvalue weighted by molar-refractivity contribution is -0.686. The number of hydrogen-bond donors (Lipinski definition) is 1. The van der Waals surface area contributed by atoms with Gasteiger partial charge in [-0.1, -0.05) is 0 Å². The van der Waals surface area contributed by atoms with Gasteiger partial charge >= 0.3 is 0 Å². The van der Waals surface area contributed by atoms with E-state index in [0.29, 0.717) is 6.61 Å². The number of benzene rings is 3. The first kappa shape index (κ1) is 25.0. The molecule has 0 fully saturated rings. The zero-order chi connectivity index (χ0) is 24.5. The second-order valence-corrected chi connectivity index (χ2v) is 8.92. The largest absolute Gasteiger partial charge is 1.00 e. The van der Waals surface area contributed by atoms with E-state index in [0.717, 1.165) is 71.1 Å². The van der Waals surface area contributed by atoms with Crippen LogP contribution in [0.5, 0.6) is 28.7 Å². The van der Waals surface area contributed by atoms with Crippen LogP contribution >= 0.6 is 0 Å². The van der Waals surface area contributed by atoms with Crippen molar-refractivity contribution in [3.8, 4) is 40.0 Å². The quantitative estimate of drug-likeness (QED) is 0.261. The van der Waals surface area contributed by atoms with Crippen molar-refractivity contribution in [2.45, 2.75) is 19.4 Å². The minimum atomic E-state index is 0. The lowest BCUT2D eigenvalue weighted by atomic mass is 9.95. The molecule has 0 aliphatic carbocycles. The molecule has 6 rings (SSSR count). The van der Waals surface area contributed by atoms with Gasteiger partial charge in [0.2, 0.25) is 12.5 Å². The summed E-state index contributed by atoms with van der Waals surface area (Å²) in [7, 11) is 3.36. The number of pyridine rings is 1. The van der Waals surface area contributed by atoms with Gasteiger partial charge in [-0.2, -0.15) is 4.57 Å². The summed E-state index contributed by atoms with van der Waals surface area (Å²) in [5, 5.41) is 5.58. The number of ether oxygens (including phenoxy) is 5. The summed E-state index contributed by atoms with van der Waals surface area (Å²) in [6.45, 7) is 2.55. The van der Waals surface area contributed by atoms with E-state index < -0.39 is 0 Å². The first-order chi connectivity index (χ1) is 17.7. The summed E-state index contributed by atoms with van der Waals surface area (Å²) >= 11 is 0. The van der Waals surface area contributed by atoms with Crippen LogP contribution in [-0.2, 0) is 13.0 Å². The number of anilines is 1. The van der Waals surface area contributed by atoms with Crippen LogP contribution < -0.4 is 50.5 Å². The fourth-order valence-corrected chi connectivity index (χ4v) is 4.89. The van der Waals surface area contributed by atoms with E-state index >= 15 is 0 Å². The molecule has 8 heteroatoms. The Morgan fingerprint density at radius 2 is 1.76 bits per heavy atom. The van der Waals surface area contributed by atoms with Crippen LogP contribution in [0, 0.1) is 0 Å². The van der Waals surface area contributed by atoms with Crippen LogP contribution in [0.4, 0.5) is 5.69 Å². The highest BCUT2D eigenvalue weighted by Gasteiger charge is 2.28. The highest BCUT2D eigenvalue weighted by atomic mass is 79.9. The lowest BCUT2D eigenvalue weighted by Gasteiger charge is -2.18. The highest BCUT2D eigenvalue weighted by Crippen LogP contribution is 2.41. The number of aromatic nitrogens is 1. The maximum absolute atomic E-state index is 6.30. The maximum Gasteiger partial charge on any atom is 0.231 e. The van der Waals surface area contributed by atoms with E-state index in [2.05, 4.69) is 40.3 Å². The van der Waals surface area contributed by atoms with Crippen molar-refractivity contribution in [1.29, 1.82) is 0 Å². The van der Waals surface area contributed by atoms with Gasteiger partial charge in [-0.25, -0.2) is 0 Å². The average Bonchev–Trinajstić information content (AvgIpc) is 3.38. The predicted molar refractivity (Wildman–Crippen MR) is 138 cm³/mol. The van der Waals surface area contributed by atoms with Gasteiger partial charge in [0.1, 0.15) is 5.75 Å². The van der Waals surface area contributed by atoms with Crippen molar-refractivity contribution in [3.05, 3.63) is 66.4 Å². The van der Waals surface area contributed by atoms with Crippen molar-refractivity contribution in [1.82, 2.24) is 0 Å². The minimum absolute atomic E-state index is 0. The Balaban J connectivity index is 0.00000280. The maximum atomic E-state index is 6.30.